The van der Waals surface area contributed by atoms with E-state index in [1.807, 2.05) is 0 Å². The minimum Gasteiger partial charge on any atom is -0.494 e. The van der Waals surface area contributed by atoms with Crippen molar-refractivity contribution in [2.45, 2.75) is 19.6 Å². The van der Waals surface area contributed by atoms with Crippen molar-refractivity contribution in [2.24, 2.45) is 0 Å². The maximum atomic E-state index is 13.9. The minimum absolute atomic E-state index is 0.0522. The second-order valence-electron chi connectivity index (χ2n) is 7.75. The molecule has 0 aliphatic heterocycles. The molecule has 3 aromatic heterocycles. The number of rotatable bonds is 5. The van der Waals surface area contributed by atoms with Gasteiger partial charge >= 0.3 is 6.18 Å². The lowest BCUT2D eigenvalue weighted by molar-refractivity contribution is -0.140. The number of halogens is 4. The van der Waals surface area contributed by atoms with Crippen LogP contribution in [0.2, 0.25) is 0 Å². The molecule has 0 aliphatic carbocycles. The fraction of sp³-hybridized carbons (Fsp3) is 0.174. The van der Waals surface area contributed by atoms with Gasteiger partial charge in [0.05, 0.1) is 12.7 Å². The van der Waals surface area contributed by atoms with E-state index < -0.39 is 17.4 Å². The average Bonchev–Trinajstić information content (AvgIpc) is 3.41. The average molecular weight is 504 g/mol. The number of nitrogens with one attached hydrogen (secondary N) is 2. The van der Waals surface area contributed by atoms with Crippen LogP contribution in [-0.4, -0.2) is 26.7 Å². The van der Waals surface area contributed by atoms with Gasteiger partial charge in [0, 0.05) is 12.2 Å². The summed E-state index contributed by atoms with van der Waals surface area (Å²) in [6.07, 6.45) is -4.79. The van der Waals surface area contributed by atoms with Crippen LogP contribution >= 0.6 is 11.8 Å². The number of aromatic nitrogens is 4. The number of fused-ring (bicyclic) bond motifs is 2. The van der Waals surface area contributed by atoms with Crippen molar-refractivity contribution < 1.29 is 22.3 Å². The van der Waals surface area contributed by atoms with E-state index in [2.05, 4.69) is 19.9 Å². The predicted molar refractivity (Wildman–Crippen MR) is 123 cm³/mol. The summed E-state index contributed by atoms with van der Waals surface area (Å²) in [6, 6.07) is 11.3. The first-order valence-corrected chi connectivity index (χ1v) is 10.7. The molecule has 0 saturated heterocycles. The molecule has 0 aliphatic rings. The summed E-state index contributed by atoms with van der Waals surface area (Å²) in [5, 5.41) is 3.64. The van der Waals surface area contributed by atoms with Gasteiger partial charge in [-0.15, -0.1) is 0 Å². The smallest absolute Gasteiger partial charge is 0.435 e. The molecule has 0 bridgehead atoms. The Bertz CT molecular complexity index is 1620. The molecule has 5 aromatic rings. The van der Waals surface area contributed by atoms with E-state index in [-0.39, 0.29) is 33.9 Å². The summed E-state index contributed by atoms with van der Waals surface area (Å²) in [7, 11) is 1.46. The van der Waals surface area contributed by atoms with Crippen molar-refractivity contribution in [1.82, 2.24) is 24.4 Å². The largest absolute Gasteiger partial charge is 0.494 e. The molecule has 0 fully saturated rings. The number of nitrogens with zero attached hydrogens (tertiary/aromatic N) is 3. The molecule has 0 unspecified atom stereocenters. The molecule has 8 nitrogen and oxygen atoms in total. The fourth-order valence-corrected chi connectivity index (χ4v) is 4.16. The molecule has 0 spiro atoms. The Labute approximate surface area is 200 Å². The molecule has 3 heterocycles. The van der Waals surface area contributed by atoms with Crippen LogP contribution in [-0.2, 0) is 12.7 Å². The van der Waals surface area contributed by atoms with E-state index in [0.717, 1.165) is 5.56 Å². The summed E-state index contributed by atoms with van der Waals surface area (Å²) < 4.78 is 53.6. The molecule has 0 atom stereocenters. The highest BCUT2D eigenvalue weighted by Gasteiger charge is 2.39. The van der Waals surface area contributed by atoms with E-state index in [4.69, 9.17) is 20.9 Å². The SMILES string of the molecule is COc1cc(CNCl)cc2oc(-c3c(C)[nH]c4c(-c5ccccc5)c(C(F)(F)F)nn4c3=O)nc12. The van der Waals surface area contributed by atoms with Gasteiger partial charge in [-0.05, 0) is 42.0 Å². The van der Waals surface area contributed by atoms with E-state index in [9.17, 15) is 18.0 Å². The molecule has 180 valence electrons. The van der Waals surface area contributed by atoms with Crippen LogP contribution in [0.4, 0.5) is 13.2 Å². The first kappa shape index (κ1) is 22.9. The lowest BCUT2D eigenvalue weighted by Crippen LogP contribution is -2.19. The predicted octanol–water partition coefficient (Wildman–Crippen LogP) is 5.08. The lowest BCUT2D eigenvalue weighted by atomic mass is 10.1. The number of hydrogen-bond acceptors (Lipinski definition) is 6. The van der Waals surface area contributed by atoms with Crippen LogP contribution in [0.1, 0.15) is 17.0 Å². The molecule has 5 rings (SSSR count). The van der Waals surface area contributed by atoms with Gasteiger partial charge in [0.1, 0.15) is 17.0 Å². The molecule has 0 saturated carbocycles. The lowest BCUT2D eigenvalue weighted by Gasteiger charge is -2.07. The molecule has 2 aromatic carbocycles. The number of ether oxygens (including phenoxy) is 1. The highest BCUT2D eigenvalue weighted by Crippen LogP contribution is 2.39. The van der Waals surface area contributed by atoms with Gasteiger partial charge in [0.2, 0.25) is 5.89 Å². The van der Waals surface area contributed by atoms with Crippen molar-refractivity contribution in [3.05, 3.63) is 69.8 Å². The molecular weight excluding hydrogens is 487 g/mol. The first-order chi connectivity index (χ1) is 16.7. The maximum absolute atomic E-state index is 13.9. The normalized spacial score (nSPS) is 12.1. The van der Waals surface area contributed by atoms with Gasteiger partial charge in [-0.25, -0.2) is 9.82 Å². The summed E-state index contributed by atoms with van der Waals surface area (Å²) in [5.74, 6) is 0.305. The summed E-state index contributed by atoms with van der Waals surface area (Å²) in [6.45, 7) is 1.87. The van der Waals surface area contributed by atoms with E-state index in [1.54, 1.807) is 37.3 Å². The van der Waals surface area contributed by atoms with Gasteiger partial charge in [-0.3, -0.25) is 4.79 Å². The Kier molecular flexibility index (Phi) is 5.53. The minimum atomic E-state index is -4.79. The van der Waals surface area contributed by atoms with Crippen molar-refractivity contribution in [1.29, 1.82) is 0 Å². The molecule has 0 radical (unpaired) electrons. The van der Waals surface area contributed by atoms with Crippen LogP contribution in [0.3, 0.4) is 0 Å². The van der Waals surface area contributed by atoms with Crippen molar-refractivity contribution in [3.8, 4) is 28.3 Å². The second-order valence-corrected chi connectivity index (χ2v) is 8.02. The highest BCUT2D eigenvalue weighted by atomic mass is 35.5. The molecule has 35 heavy (non-hydrogen) atoms. The first-order valence-electron chi connectivity index (χ1n) is 10.3. The monoisotopic (exact) mass is 503 g/mol. The van der Waals surface area contributed by atoms with Crippen molar-refractivity contribution >= 4 is 28.5 Å². The number of oxazole rings is 1. The Hall–Kier alpha value is -3.83. The number of hydrogen-bond donors (Lipinski definition) is 2. The standard InChI is InChI=1S/C23H17ClF3N5O3/c1-11-16(21-30-18-14(34-2)8-12(10-28-24)9-15(18)35-21)22(33)32-20(29-11)17(13-6-4-3-5-7-13)19(31-32)23(25,26)27/h3-9,28-29H,10H2,1-2H3. The Morgan fingerprint density at radius 1 is 1.20 bits per heavy atom. The fourth-order valence-electron chi connectivity index (χ4n) is 4.01. The number of methoxy groups -OCH3 is 1. The third-order valence-electron chi connectivity index (χ3n) is 5.53. The van der Waals surface area contributed by atoms with Crippen molar-refractivity contribution in [3.63, 3.8) is 0 Å². The molecule has 0 amide bonds. The third-order valence-corrected chi connectivity index (χ3v) is 5.66. The third kappa shape index (κ3) is 3.82. The van der Waals surface area contributed by atoms with Crippen LogP contribution in [0, 0.1) is 6.92 Å². The summed E-state index contributed by atoms with van der Waals surface area (Å²) in [4.78, 5) is 23.2. The van der Waals surface area contributed by atoms with E-state index in [1.165, 1.54) is 19.2 Å². The molecule has 2 N–H and O–H groups in total. The van der Waals surface area contributed by atoms with Gasteiger partial charge in [0.15, 0.2) is 16.8 Å². The zero-order valence-electron chi connectivity index (χ0n) is 18.3. The van der Waals surface area contributed by atoms with Gasteiger partial charge in [-0.1, -0.05) is 30.3 Å². The molecule has 12 heteroatoms. The van der Waals surface area contributed by atoms with E-state index >= 15 is 0 Å². The Morgan fingerprint density at radius 3 is 2.60 bits per heavy atom. The number of alkyl halides is 3. The van der Waals surface area contributed by atoms with Crippen molar-refractivity contribution in [2.75, 3.05) is 7.11 Å². The van der Waals surface area contributed by atoms with Crippen LogP contribution in [0.15, 0.2) is 51.7 Å². The molecular formula is C23H17ClF3N5O3. The summed E-state index contributed by atoms with van der Waals surface area (Å²) in [5.41, 5.74) is -0.399. The van der Waals surface area contributed by atoms with E-state index in [0.29, 0.717) is 27.9 Å². The quantitative estimate of drug-likeness (QED) is 0.325. The van der Waals surface area contributed by atoms with Gasteiger partial charge < -0.3 is 14.1 Å². The van der Waals surface area contributed by atoms with Crippen LogP contribution in [0.5, 0.6) is 5.75 Å². The maximum Gasteiger partial charge on any atom is 0.435 e. The highest BCUT2D eigenvalue weighted by molar-refractivity contribution is 6.13. The zero-order chi connectivity index (χ0) is 24.9. The zero-order valence-corrected chi connectivity index (χ0v) is 19.1. The topological polar surface area (TPSA) is 97.5 Å². The second kappa shape index (κ2) is 8.43. The van der Waals surface area contributed by atoms with Gasteiger partial charge in [-0.2, -0.15) is 22.8 Å². The number of aromatic amines is 1. The van der Waals surface area contributed by atoms with Crippen LogP contribution in [0.25, 0.3) is 39.3 Å². The number of benzene rings is 2. The number of H-pyrrole nitrogens is 1. The Balaban J connectivity index is 1.78. The summed E-state index contributed by atoms with van der Waals surface area (Å²) >= 11 is 5.60. The number of aryl methyl sites for hydroxylation is 1. The Morgan fingerprint density at radius 2 is 1.94 bits per heavy atom. The van der Waals surface area contributed by atoms with Crippen LogP contribution < -0.4 is 15.1 Å². The van der Waals surface area contributed by atoms with Gasteiger partial charge in [0.25, 0.3) is 5.56 Å².